The summed E-state index contributed by atoms with van der Waals surface area (Å²) in [4.78, 5) is 16.9. The van der Waals surface area contributed by atoms with Gasteiger partial charge in [0, 0.05) is 35.7 Å². The molecule has 1 fully saturated rings. The lowest BCUT2D eigenvalue weighted by molar-refractivity contribution is 0.0528. The maximum Gasteiger partial charge on any atom is 0.253 e. The summed E-state index contributed by atoms with van der Waals surface area (Å²) >= 11 is 3.46. The van der Waals surface area contributed by atoms with Gasteiger partial charge in [-0.2, -0.15) is 0 Å². The number of carbonyl (C=O) groups excluding carboxylic acids is 1. The molecule has 1 aliphatic heterocycles. The molecule has 0 radical (unpaired) electrons. The quantitative estimate of drug-likeness (QED) is 0.835. The van der Waals surface area contributed by atoms with Crippen LogP contribution >= 0.6 is 15.9 Å². The van der Waals surface area contributed by atoms with Crippen molar-refractivity contribution in [3.8, 4) is 0 Å². The average Bonchev–Trinajstić information content (AvgIpc) is 2.36. The Labute approximate surface area is 123 Å². The summed E-state index contributed by atoms with van der Waals surface area (Å²) in [6.07, 6.45) is 0. The van der Waals surface area contributed by atoms with Gasteiger partial charge in [0.1, 0.15) is 0 Å². The predicted molar refractivity (Wildman–Crippen MR) is 81.5 cm³/mol. The SMILES string of the molecule is CCN1CCN(C(=O)c2cc(C)cc(Br)c2)CC1C. The average molecular weight is 325 g/mol. The number of carbonyl (C=O) groups is 1. The lowest BCUT2D eigenvalue weighted by atomic mass is 10.1. The van der Waals surface area contributed by atoms with Gasteiger partial charge < -0.3 is 4.90 Å². The highest BCUT2D eigenvalue weighted by Gasteiger charge is 2.26. The number of nitrogens with zero attached hydrogens (tertiary/aromatic N) is 2. The third kappa shape index (κ3) is 3.37. The molecule has 1 heterocycles. The van der Waals surface area contributed by atoms with E-state index in [2.05, 4.69) is 34.7 Å². The maximum absolute atomic E-state index is 12.5. The largest absolute Gasteiger partial charge is 0.336 e. The predicted octanol–water partition coefficient (Wildman–Crippen LogP) is 2.92. The minimum Gasteiger partial charge on any atom is -0.336 e. The Balaban J connectivity index is 2.12. The summed E-state index contributed by atoms with van der Waals surface area (Å²) in [6, 6.07) is 6.33. The van der Waals surface area contributed by atoms with Gasteiger partial charge in [-0.3, -0.25) is 9.69 Å². The Morgan fingerprint density at radius 1 is 1.37 bits per heavy atom. The first kappa shape index (κ1) is 14.5. The van der Waals surface area contributed by atoms with Crippen LogP contribution in [0.3, 0.4) is 0 Å². The van der Waals surface area contributed by atoms with E-state index in [9.17, 15) is 4.79 Å². The molecule has 2 rings (SSSR count). The number of likely N-dealkylation sites (N-methyl/N-ethyl adjacent to an activating group) is 1. The third-order valence-electron chi connectivity index (χ3n) is 3.75. The molecule has 0 bridgehead atoms. The minimum atomic E-state index is 0.145. The molecule has 1 aromatic rings. The smallest absolute Gasteiger partial charge is 0.253 e. The number of aryl methyl sites for hydroxylation is 1. The van der Waals surface area contributed by atoms with E-state index in [1.54, 1.807) is 0 Å². The number of hydrogen-bond donors (Lipinski definition) is 0. The molecule has 4 heteroatoms. The highest BCUT2D eigenvalue weighted by atomic mass is 79.9. The van der Waals surface area contributed by atoms with Crippen LogP contribution < -0.4 is 0 Å². The highest BCUT2D eigenvalue weighted by Crippen LogP contribution is 2.18. The molecule has 0 spiro atoms. The Kier molecular flexibility index (Phi) is 4.63. The summed E-state index contributed by atoms with van der Waals surface area (Å²) in [5.74, 6) is 0.145. The van der Waals surface area contributed by atoms with Gasteiger partial charge in [-0.05, 0) is 44.2 Å². The molecule has 1 unspecified atom stereocenters. The fourth-order valence-corrected chi connectivity index (χ4v) is 3.30. The zero-order valence-corrected chi connectivity index (χ0v) is 13.4. The van der Waals surface area contributed by atoms with E-state index < -0.39 is 0 Å². The molecule has 1 atom stereocenters. The van der Waals surface area contributed by atoms with E-state index in [4.69, 9.17) is 0 Å². The van der Waals surface area contributed by atoms with Crippen LogP contribution in [0.5, 0.6) is 0 Å². The fourth-order valence-electron chi connectivity index (χ4n) is 2.69. The van der Waals surface area contributed by atoms with Gasteiger partial charge in [-0.25, -0.2) is 0 Å². The van der Waals surface area contributed by atoms with Gasteiger partial charge in [0.05, 0.1) is 0 Å². The second-order valence-corrected chi connectivity index (χ2v) is 6.16. The first-order chi connectivity index (χ1) is 9.01. The second kappa shape index (κ2) is 6.06. The standard InChI is InChI=1S/C15H21BrN2O/c1-4-17-5-6-18(10-12(17)3)15(19)13-7-11(2)8-14(16)9-13/h7-9,12H,4-6,10H2,1-3H3. The van der Waals surface area contributed by atoms with Gasteiger partial charge in [-0.1, -0.05) is 22.9 Å². The molecular formula is C15H21BrN2O. The first-order valence-electron chi connectivity index (χ1n) is 6.81. The zero-order chi connectivity index (χ0) is 14.0. The molecule has 0 aliphatic carbocycles. The molecule has 0 N–H and O–H groups in total. The number of hydrogen-bond acceptors (Lipinski definition) is 2. The Hall–Kier alpha value is -0.870. The number of halogens is 1. The van der Waals surface area contributed by atoms with Crippen LogP contribution in [-0.4, -0.2) is 47.9 Å². The van der Waals surface area contributed by atoms with Crippen LogP contribution in [0, 0.1) is 6.92 Å². The highest BCUT2D eigenvalue weighted by molar-refractivity contribution is 9.10. The van der Waals surface area contributed by atoms with Crippen molar-refractivity contribution in [2.75, 3.05) is 26.2 Å². The van der Waals surface area contributed by atoms with Crippen LogP contribution in [-0.2, 0) is 0 Å². The normalized spacial score (nSPS) is 20.6. The molecule has 1 amide bonds. The van der Waals surface area contributed by atoms with Crippen molar-refractivity contribution in [1.82, 2.24) is 9.80 Å². The Morgan fingerprint density at radius 3 is 2.68 bits per heavy atom. The van der Waals surface area contributed by atoms with Crippen LogP contribution in [0.1, 0.15) is 29.8 Å². The van der Waals surface area contributed by atoms with E-state index in [0.717, 1.165) is 41.8 Å². The van der Waals surface area contributed by atoms with Crippen molar-refractivity contribution in [3.63, 3.8) is 0 Å². The van der Waals surface area contributed by atoms with Crippen LogP contribution in [0.25, 0.3) is 0 Å². The summed E-state index contributed by atoms with van der Waals surface area (Å²) in [7, 11) is 0. The Bertz CT molecular complexity index is 455. The van der Waals surface area contributed by atoms with E-state index in [-0.39, 0.29) is 5.91 Å². The van der Waals surface area contributed by atoms with Crippen molar-refractivity contribution in [2.45, 2.75) is 26.8 Å². The van der Waals surface area contributed by atoms with Crippen molar-refractivity contribution < 1.29 is 4.79 Å². The lowest BCUT2D eigenvalue weighted by Gasteiger charge is -2.39. The lowest BCUT2D eigenvalue weighted by Crippen LogP contribution is -2.53. The summed E-state index contributed by atoms with van der Waals surface area (Å²) in [5.41, 5.74) is 1.89. The van der Waals surface area contributed by atoms with Gasteiger partial charge in [-0.15, -0.1) is 0 Å². The van der Waals surface area contributed by atoms with Crippen molar-refractivity contribution >= 4 is 21.8 Å². The molecule has 0 saturated carbocycles. The third-order valence-corrected chi connectivity index (χ3v) is 4.21. The van der Waals surface area contributed by atoms with Crippen LogP contribution in [0.4, 0.5) is 0 Å². The molecule has 19 heavy (non-hydrogen) atoms. The number of rotatable bonds is 2. The van der Waals surface area contributed by atoms with E-state index in [0.29, 0.717) is 6.04 Å². The molecule has 0 aromatic heterocycles. The number of benzene rings is 1. The summed E-state index contributed by atoms with van der Waals surface area (Å²) in [6.45, 7) is 10.0. The van der Waals surface area contributed by atoms with E-state index in [1.807, 2.05) is 30.0 Å². The molecular weight excluding hydrogens is 304 g/mol. The Morgan fingerprint density at radius 2 is 2.11 bits per heavy atom. The minimum absolute atomic E-state index is 0.145. The molecule has 1 saturated heterocycles. The topological polar surface area (TPSA) is 23.6 Å². The summed E-state index contributed by atoms with van der Waals surface area (Å²) < 4.78 is 0.969. The maximum atomic E-state index is 12.5. The van der Waals surface area contributed by atoms with Gasteiger partial charge in [0.25, 0.3) is 5.91 Å². The zero-order valence-electron chi connectivity index (χ0n) is 11.8. The monoisotopic (exact) mass is 324 g/mol. The first-order valence-corrected chi connectivity index (χ1v) is 7.61. The van der Waals surface area contributed by atoms with Crippen molar-refractivity contribution in [3.05, 3.63) is 33.8 Å². The van der Waals surface area contributed by atoms with Crippen molar-refractivity contribution in [1.29, 1.82) is 0 Å². The fraction of sp³-hybridized carbons (Fsp3) is 0.533. The molecule has 1 aromatic carbocycles. The molecule has 3 nitrogen and oxygen atoms in total. The second-order valence-electron chi connectivity index (χ2n) is 5.25. The van der Waals surface area contributed by atoms with Crippen LogP contribution in [0.2, 0.25) is 0 Å². The van der Waals surface area contributed by atoms with E-state index in [1.165, 1.54) is 0 Å². The molecule has 104 valence electrons. The van der Waals surface area contributed by atoms with Crippen molar-refractivity contribution in [2.24, 2.45) is 0 Å². The van der Waals surface area contributed by atoms with Gasteiger partial charge in [0.2, 0.25) is 0 Å². The number of piperazine rings is 1. The molecule has 1 aliphatic rings. The number of amides is 1. The summed E-state index contributed by atoms with van der Waals surface area (Å²) in [5, 5.41) is 0. The van der Waals surface area contributed by atoms with E-state index >= 15 is 0 Å². The van der Waals surface area contributed by atoms with Crippen LogP contribution in [0.15, 0.2) is 22.7 Å². The van der Waals surface area contributed by atoms with Gasteiger partial charge >= 0.3 is 0 Å². The van der Waals surface area contributed by atoms with Gasteiger partial charge in [0.15, 0.2) is 0 Å².